The standard InChI is InChI=1S/C29H44O3/c1-7-29(8-2,16-15-22-9-10-24(19-30)25(18-22)20-31)26-13-11-23(21(3)17-26)12-14-27(32)28(4,5)6/h9-11,13,17-18,27,30-32H,7-8,12,14-16,19-20H2,1-6H3. The van der Waals surface area contributed by atoms with Gasteiger partial charge in [0.1, 0.15) is 0 Å². The van der Waals surface area contributed by atoms with Gasteiger partial charge in [-0.2, -0.15) is 0 Å². The maximum atomic E-state index is 10.4. The largest absolute Gasteiger partial charge is 0.393 e. The molecule has 3 heteroatoms. The number of aryl methyl sites for hydroxylation is 3. The van der Waals surface area contributed by atoms with E-state index in [9.17, 15) is 15.3 Å². The van der Waals surface area contributed by atoms with Gasteiger partial charge in [-0.15, -0.1) is 0 Å². The van der Waals surface area contributed by atoms with E-state index in [4.69, 9.17) is 0 Å². The summed E-state index contributed by atoms with van der Waals surface area (Å²) in [6, 6.07) is 13.0. The monoisotopic (exact) mass is 440 g/mol. The van der Waals surface area contributed by atoms with Crippen molar-refractivity contribution in [2.75, 3.05) is 0 Å². The number of rotatable bonds is 11. The van der Waals surface area contributed by atoms with Crippen LogP contribution in [0.15, 0.2) is 36.4 Å². The highest BCUT2D eigenvalue weighted by atomic mass is 16.3. The normalized spacial score (nSPS) is 13.4. The third kappa shape index (κ3) is 6.43. The summed E-state index contributed by atoms with van der Waals surface area (Å²) < 4.78 is 0. The van der Waals surface area contributed by atoms with E-state index < -0.39 is 0 Å². The Labute approximate surface area is 195 Å². The lowest BCUT2D eigenvalue weighted by Gasteiger charge is -2.33. The Kier molecular flexibility index (Phi) is 9.51. The molecule has 0 saturated heterocycles. The highest BCUT2D eigenvalue weighted by Gasteiger charge is 2.29. The molecule has 1 unspecified atom stereocenters. The van der Waals surface area contributed by atoms with Gasteiger partial charge < -0.3 is 15.3 Å². The summed E-state index contributed by atoms with van der Waals surface area (Å²) in [6.45, 7) is 12.9. The fraction of sp³-hybridized carbons (Fsp3) is 0.586. The lowest BCUT2D eigenvalue weighted by Crippen LogP contribution is -2.27. The SMILES string of the molecule is CCC(CC)(CCc1ccc(CO)c(CO)c1)c1ccc(CCC(O)C(C)(C)C)c(C)c1. The maximum absolute atomic E-state index is 10.4. The zero-order valence-corrected chi connectivity index (χ0v) is 21.0. The van der Waals surface area contributed by atoms with Crippen molar-refractivity contribution in [1.82, 2.24) is 0 Å². The molecule has 3 N–H and O–H groups in total. The Morgan fingerprint density at radius 3 is 1.97 bits per heavy atom. The van der Waals surface area contributed by atoms with E-state index in [0.717, 1.165) is 49.7 Å². The fourth-order valence-corrected chi connectivity index (χ4v) is 4.71. The molecule has 0 fully saturated rings. The first kappa shape index (κ1) is 26.6. The highest BCUT2D eigenvalue weighted by Crippen LogP contribution is 2.37. The van der Waals surface area contributed by atoms with E-state index >= 15 is 0 Å². The van der Waals surface area contributed by atoms with Crippen molar-refractivity contribution >= 4 is 0 Å². The molecular weight excluding hydrogens is 396 g/mol. The minimum Gasteiger partial charge on any atom is -0.393 e. The molecule has 0 aromatic heterocycles. The minimum absolute atomic E-state index is 0.0392. The van der Waals surface area contributed by atoms with Crippen molar-refractivity contribution < 1.29 is 15.3 Å². The predicted octanol–water partition coefficient (Wildman–Crippen LogP) is 6.01. The first-order valence-corrected chi connectivity index (χ1v) is 12.2. The number of hydrogen-bond acceptors (Lipinski definition) is 3. The summed E-state index contributed by atoms with van der Waals surface area (Å²) in [5.41, 5.74) is 6.89. The van der Waals surface area contributed by atoms with E-state index in [2.05, 4.69) is 65.8 Å². The zero-order chi connectivity index (χ0) is 23.9. The van der Waals surface area contributed by atoms with Gasteiger partial charge >= 0.3 is 0 Å². The van der Waals surface area contributed by atoms with Crippen LogP contribution in [0.1, 0.15) is 93.7 Å². The topological polar surface area (TPSA) is 60.7 Å². The third-order valence-electron chi connectivity index (χ3n) is 7.50. The third-order valence-corrected chi connectivity index (χ3v) is 7.50. The smallest absolute Gasteiger partial charge is 0.0685 e. The van der Waals surface area contributed by atoms with Gasteiger partial charge in [0.15, 0.2) is 0 Å². The average Bonchev–Trinajstić information content (AvgIpc) is 2.78. The first-order valence-electron chi connectivity index (χ1n) is 12.2. The summed E-state index contributed by atoms with van der Waals surface area (Å²) in [4.78, 5) is 0. The molecule has 0 heterocycles. The second-order valence-corrected chi connectivity index (χ2v) is 10.5. The molecule has 2 rings (SSSR count). The molecule has 0 amide bonds. The second-order valence-electron chi connectivity index (χ2n) is 10.5. The molecule has 0 spiro atoms. The van der Waals surface area contributed by atoms with Crippen LogP contribution < -0.4 is 0 Å². The van der Waals surface area contributed by atoms with Crippen molar-refractivity contribution in [2.24, 2.45) is 5.41 Å². The summed E-state index contributed by atoms with van der Waals surface area (Å²) >= 11 is 0. The molecule has 0 aliphatic rings. The van der Waals surface area contributed by atoms with E-state index in [1.165, 1.54) is 22.3 Å². The van der Waals surface area contributed by atoms with Crippen molar-refractivity contribution in [2.45, 2.75) is 105 Å². The minimum atomic E-state index is -0.298. The fourth-order valence-electron chi connectivity index (χ4n) is 4.71. The van der Waals surface area contributed by atoms with Gasteiger partial charge in [0.05, 0.1) is 19.3 Å². The summed E-state index contributed by atoms with van der Waals surface area (Å²) in [7, 11) is 0. The van der Waals surface area contributed by atoms with Gasteiger partial charge in [0, 0.05) is 0 Å². The number of aliphatic hydroxyl groups is 3. The van der Waals surface area contributed by atoms with E-state index in [1.807, 2.05) is 12.1 Å². The summed E-state index contributed by atoms with van der Waals surface area (Å²) in [5.74, 6) is 0. The lowest BCUT2D eigenvalue weighted by atomic mass is 9.71. The Balaban J connectivity index is 2.19. The molecule has 0 aliphatic heterocycles. The Morgan fingerprint density at radius 2 is 1.44 bits per heavy atom. The van der Waals surface area contributed by atoms with Crippen LogP contribution in [0.25, 0.3) is 0 Å². The van der Waals surface area contributed by atoms with E-state index in [1.54, 1.807) is 0 Å². The average molecular weight is 441 g/mol. The van der Waals surface area contributed by atoms with Gasteiger partial charge in [-0.1, -0.05) is 71.0 Å². The zero-order valence-electron chi connectivity index (χ0n) is 21.0. The van der Waals surface area contributed by atoms with Gasteiger partial charge in [0.2, 0.25) is 0 Å². The van der Waals surface area contributed by atoms with Gasteiger partial charge in [0.25, 0.3) is 0 Å². The summed E-state index contributed by atoms with van der Waals surface area (Å²) in [6.07, 6.45) is 5.53. The Morgan fingerprint density at radius 1 is 0.812 bits per heavy atom. The Bertz CT molecular complexity index is 859. The molecular formula is C29H44O3. The van der Waals surface area contributed by atoms with Gasteiger partial charge in [-0.25, -0.2) is 0 Å². The van der Waals surface area contributed by atoms with Crippen LogP contribution in [0.4, 0.5) is 0 Å². The molecule has 2 aromatic rings. The predicted molar refractivity (Wildman–Crippen MR) is 134 cm³/mol. The van der Waals surface area contributed by atoms with Crippen LogP contribution in [0, 0.1) is 12.3 Å². The lowest BCUT2D eigenvalue weighted by molar-refractivity contribution is 0.0559. The number of benzene rings is 2. The number of aliphatic hydroxyl groups excluding tert-OH is 3. The second kappa shape index (κ2) is 11.4. The van der Waals surface area contributed by atoms with Crippen molar-refractivity contribution in [3.63, 3.8) is 0 Å². The molecule has 2 aromatic carbocycles. The first-order chi connectivity index (χ1) is 15.1. The van der Waals surface area contributed by atoms with Crippen molar-refractivity contribution in [3.05, 3.63) is 69.8 Å². The van der Waals surface area contributed by atoms with E-state index in [-0.39, 0.29) is 30.1 Å². The molecule has 32 heavy (non-hydrogen) atoms. The molecule has 1 atom stereocenters. The highest BCUT2D eigenvalue weighted by molar-refractivity contribution is 5.37. The van der Waals surface area contributed by atoms with Crippen LogP contribution in [0.5, 0.6) is 0 Å². The maximum Gasteiger partial charge on any atom is 0.0685 e. The van der Waals surface area contributed by atoms with Crippen LogP contribution >= 0.6 is 0 Å². The molecule has 0 aliphatic carbocycles. The van der Waals surface area contributed by atoms with Crippen LogP contribution in [0.3, 0.4) is 0 Å². The number of hydrogen-bond donors (Lipinski definition) is 3. The Hall–Kier alpha value is -1.68. The van der Waals surface area contributed by atoms with Crippen molar-refractivity contribution in [3.8, 4) is 0 Å². The van der Waals surface area contributed by atoms with Crippen LogP contribution in [-0.2, 0) is 31.5 Å². The molecule has 178 valence electrons. The molecule has 0 radical (unpaired) electrons. The van der Waals surface area contributed by atoms with Crippen LogP contribution in [0.2, 0.25) is 0 Å². The summed E-state index contributed by atoms with van der Waals surface area (Å²) in [5, 5.41) is 29.5. The molecule has 3 nitrogen and oxygen atoms in total. The molecule has 0 saturated carbocycles. The van der Waals surface area contributed by atoms with Gasteiger partial charge in [-0.3, -0.25) is 0 Å². The van der Waals surface area contributed by atoms with Crippen LogP contribution in [-0.4, -0.2) is 21.4 Å². The molecule has 0 bridgehead atoms. The van der Waals surface area contributed by atoms with Gasteiger partial charge in [-0.05, 0) is 89.7 Å². The van der Waals surface area contributed by atoms with Crippen molar-refractivity contribution in [1.29, 1.82) is 0 Å². The van der Waals surface area contributed by atoms with E-state index in [0.29, 0.717) is 0 Å². The quantitative estimate of drug-likeness (QED) is 0.401.